The molecule has 1 aliphatic heterocycles. The van der Waals surface area contributed by atoms with Crippen molar-refractivity contribution in [1.82, 2.24) is 0 Å². The fourth-order valence-electron chi connectivity index (χ4n) is 3.91. The second-order valence-electron chi connectivity index (χ2n) is 6.13. The molecule has 2 aliphatic carbocycles. The van der Waals surface area contributed by atoms with Gasteiger partial charge in [-0.15, -0.1) is 0 Å². The largest absolute Gasteiger partial charge is 0.465 e. The minimum atomic E-state index is -2.86. The number of carbonyl (C=O) groups is 2. The van der Waals surface area contributed by atoms with Crippen molar-refractivity contribution in [3.05, 3.63) is 0 Å². The molecule has 3 aliphatic rings. The maximum Gasteiger partial charge on any atom is 0.310 e. The van der Waals surface area contributed by atoms with Crippen LogP contribution < -0.4 is 0 Å². The highest BCUT2D eigenvalue weighted by atomic mass is 19.3. The Hall–Kier alpha value is -1.24. The number of rotatable bonds is 5. The van der Waals surface area contributed by atoms with Gasteiger partial charge in [0.2, 0.25) is 0 Å². The molecule has 3 fully saturated rings. The van der Waals surface area contributed by atoms with Gasteiger partial charge in [-0.2, -0.15) is 0 Å². The molecule has 2 saturated carbocycles. The SMILES string of the molecule is CCC(F)(F)CCOC(=O)C1C2CC3C(OC(=O)C31)C2O. The van der Waals surface area contributed by atoms with Gasteiger partial charge in [0.05, 0.1) is 24.5 Å². The Kier molecular flexibility index (Phi) is 3.43. The van der Waals surface area contributed by atoms with Crippen LogP contribution in [-0.2, 0) is 19.1 Å². The third kappa shape index (κ3) is 2.22. The van der Waals surface area contributed by atoms with Crippen LogP contribution in [0.25, 0.3) is 0 Å². The second kappa shape index (κ2) is 4.90. The molecule has 3 rings (SSSR count). The molecular weight excluding hydrogens is 286 g/mol. The van der Waals surface area contributed by atoms with Crippen molar-refractivity contribution in [2.75, 3.05) is 6.61 Å². The van der Waals surface area contributed by atoms with Gasteiger partial charge in [-0.1, -0.05) is 6.92 Å². The van der Waals surface area contributed by atoms with Crippen molar-refractivity contribution in [2.24, 2.45) is 23.7 Å². The zero-order valence-electron chi connectivity index (χ0n) is 11.6. The first-order valence-corrected chi connectivity index (χ1v) is 7.29. The van der Waals surface area contributed by atoms with Gasteiger partial charge in [-0.25, -0.2) is 8.78 Å². The first-order valence-electron chi connectivity index (χ1n) is 7.29. The monoisotopic (exact) mass is 304 g/mol. The van der Waals surface area contributed by atoms with Crippen LogP contribution in [-0.4, -0.2) is 41.8 Å². The van der Waals surface area contributed by atoms with Crippen molar-refractivity contribution in [3.63, 3.8) is 0 Å². The number of hydrogen-bond acceptors (Lipinski definition) is 5. The minimum absolute atomic E-state index is 0.146. The van der Waals surface area contributed by atoms with Crippen LogP contribution in [0, 0.1) is 23.7 Å². The molecule has 1 saturated heterocycles. The molecule has 0 spiro atoms. The van der Waals surface area contributed by atoms with Crippen LogP contribution in [0.1, 0.15) is 26.2 Å². The molecule has 0 aromatic carbocycles. The molecule has 1 N–H and O–H groups in total. The minimum Gasteiger partial charge on any atom is -0.465 e. The molecule has 6 unspecified atom stereocenters. The lowest BCUT2D eigenvalue weighted by molar-refractivity contribution is -0.158. The Morgan fingerprint density at radius 3 is 2.86 bits per heavy atom. The first-order chi connectivity index (χ1) is 9.85. The third-order valence-corrected chi connectivity index (χ3v) is 5.08. The summed E-state index contributed by atoms with van der Waals surface area (Å²) in [5.41, 5.74) is 0. The summed E-state index contributed by atoms with van der Waals surface area (Å²) in [5, 5.41) is 10.0. The lowest BCUT2D eigenvalue weighted by Gasteiger charge is -2.27. The van der Waals surface area contributed by atoms with Crippen LogP contribution >= 0.6 is 0 Å². The summed E-state index contributed by atoms with van der Waals surface area (Å²) in [6.45, 7) is 0.984. The van der Waals surface area contributed by atoms with Gasteiger partial charge in [0.1, 0.15) is 6.10 Å². The van der Waals surface area contributed by atoms with Crippen molar-refractivity contribution >= 4 is 11.9 Å². The molecule has 5 nitrogen and oxygen atoms in total. The fraction of sp³-hybridized carbons (Fsp3) is 0.857. The van der Waals surface area contributed by atoms with Crippen molar-refractivity contribution in [2.45, 2.75) is 44.3 Å². The highest BCUT2D eigenvalue weighted by molar-refractivity contribution is 5.86. The number of halogens is 2. The van der Waals surface area contributed by atoms with Crippen LogP contribution in [0.15, 0.2) is 0 Å². The number of carbonyl (C=O) groups excluding carboxylic acids is 2. The van der Waals surface area contributed by atoms with Gasteiger partial charge < -0.3 is 14.6 Å². The second-order valence-corrected chi connectivity index (χ2v) is 6.13. The average Bonchev–Trinajstić information content (AvgIpc) is 3.02. The molecule has 118 valence electrons. The van der Waals surface area contributed by atoms with Crippen molar-refractivity contribution < 1.29 is 33.0 Å². The summed E-state index contributed by atoms with van der Waals surface area (Å²) in [5.74, 6) is -5.86. The smallest absolute Gasteiger partial charge is 0.310 e. The van der Waals surface area contributed by atoms with Gasteiger partial charge in [-0.3, -0.25) is 9.59 Å². The van der Waals surface area contributed by atoms with E-state index in [0.29, 0.717) is 6.42 Å². The molecule has 6 atom stereocenters. The van der Waals surface area contributed by atoms with Gasteiger partial charge >= 0.3 is 11.9 Å². The molecule has 0 aromatic rings. The van der Waals surface area contributed by atoms with E-state index < -0.39 is 48.3 Å². The predicted octanol–water partition coefficient (Wildman–Crippen LogP) is 1.13. The van der Waals surface area contributed by atoms with Gasteiger partial charge in [-0.05, 0) is 6.42 Å². The number of hydrogen-bond donors (Lipinski definition) is 1. The summed E-state index contributed by atoms with van der Waals surface area (Å²) in [6.07, 6.45) is -1.66. The van der Waals surface area contributed by atoms with E-state index in [-0.39, 0.29) is 24.9 Å². The average molecular weight is 304 g/mol. The summed E-state index contributed by atoms with van der Waals surface area (Å²) in [6, 6.07) is 0. The Labute approximate surface area is 120 Å². The van der Waals surface area contributed by atoms with E-state index >= 15 is 0 Å². The Morgan fingerprint density at radius 2 is 2.19 bits per heavy atom. The lowest BCUT2D eigenvalue weighted by atomic mass is 9.78. The third-order valence-electron chi connectivity index (χ3n) is 5.08. The molecule has 0 amide bonds. The summed E-state index contributed by atoms with van der Waals surface area (Å²) >= 11 is 0. The van der Waals surface area contributed by atoms with E-state index in [1.165, 1.54) is 6.92 Å². The number of esters is 2. The molecule has 2 bridgehead atoms. The number of aliphatic hydroxyl groups excluding tert-OH is 1. The quantitative estimate of drug-likeness (QED) is 0.771. The topological polar surface area (TPSA) is 72.8 Å². The van der Waals surface area contributed by atoms with Gasteiger partial charge in [0.15, 0.2) is 0 Å². The highest BCUT2D eigenvalue weighted by Crippen LogP contribution is 2.58. The summed E-state index contributed by atoms with van der Waals surface area (Å²) in [7, 11) is 0. The lowest BCUT2D eigenvalue weighted by Crippen LogP contribution is -2.41. The standard InChI is InChI=1S/C14H18F2O5/c1-2-14(15,16)3-4-20-12(18)8-6-5-7-9(8)13(19)21-11(7)10(6)17/h6-11,17H,2-5H2,1H3. The molecule has 21 heavy (non-hydrogen) atoms. The summed E-state index contributed by atoms with van der Waals surface area (Å²) < 4.78 is 36.2. The van der Waals surface area contributed by atoms with E-state index in [9.17, 15) is 23.5 Å². The zero-order chi connectivity index (χ0) is 15.4. The molecular formula is C14H18F2O5. The molecule has 7 heteroatoms. The van der Waals surface area contributed by atoms with Crippen molar-refractivity contribution in [1.29, 1.82) is 0 Å². The molecule has 0 aromatic heterocycles. The van der Waals surface area contributed by atoms with Gasteiger partial charge in [0.25, 0.3) is 5.92 Å². The Balaban J connectivity index is 1.62. The number of alkyl halides is 2. The first kappa shape index (κ1) is 14.7. The zero-order valence-corrected chi connectivity index (χ0v) is 11.6. The normalized spacial score (nSPS) is 40.5. The maximum absolute atomic E-state index is 13.1. The molecule has 0 radical (unpaired) electrons. The number of ether oxygens (including phenoxy) is 2. The van der Waals surface area contributed by atoms with Crippen LogP contribution in [0.5, 0.6) is 0 Å². The predicted molar refractivity (Wildman–Crippen MR) is 65.3 cm³/mol. The maximum atomic E-state index is 13.1. The number of aliphatic hydroxyl groups is 1. The fourth-order valence-corrected chi connectivity index (χ4v) is 3.91. The van der Waals surface area contributed by atoms with E-state index in [0.717, 1.165) is 0 Å². The summed E-state index contributed by atoms with van der Waals surface area (Å²) in [4.78, 5) is 23.9. The van der Waals surface area contributed by atoms with E-state index in [1.54, 1.807) is 0 Å². The Bertz CT molecular complexity index is 466. The molecule has 1 heterocycles. The van der Waals surface area contributed by atoms with Crippen LogP contribution in [0.4, 0.5) is 8.78 Å². The van der Waals surface area contributed by atoms with Crippen LogP contribution in [0.3, 0.4) is 0 Å². The van der Waals surface area contributed by atoms with Crippen LogP contribution in [0.2, 0.25) is 0 Å². The Morgan fingerprint density at radius 1 is 1.48 bits per heavy atom. The van der Waals surface area contributed by atoms with E-state index in [2.05, 4.69) is 0 Å². The van der Waals surface area contributed by atoms with Crippen molar-refractivity contribution in [3.8, 4) is 0 Å². The van der Waals surface area contributed by atoms with Gasteiger partial charge in [0, 0.05) is 24.7 Å². The van der Waals surface area contributed by atoms with E-state index in [1.807, 2.05) is 0 Å². The highest BCUT2D eigenvalue weighted by Gasteiger charge is 2.68. The van der Waals surface area contributed by atoms with E-state index in [4.69, 9.17) is 9.47 Å². The number of fused-ring (bicyclic) bond motifs is 1.